The summed E-state index contributed by atoms with van der Waals surface area (Å²) >= 11 is 0. The van der Waals surface area contributed by atoms with Crippen molar-refractivity contribution in [2.75, 3.05) is 11.9 Å². The Kier molecular flexibility index (Phi) is 2.76. The summed E-state index contributed by atoms with van der Waals surface area (Å²) < 4.78 is 0. The van der Waals surface area contributed by atoms with E-state index in [-0.39, 0.29) is 5.91 Å². The van der Waals surface area contributed by atoms with Crippen LogP contribution in [-0.2, 0) is 4.79 Å². The SMILES string of the molecule is Cc1ccc(N[C@@H]2CNC(=O)NC2=O)cc1. The van der Waals surface area contributed by atoms with Gasteiger partial charge in [0.25, 0.3) is 5.91 Å². The molecule has 0 aromatic heterocycles. The fraction of sp³-hybridized carbons (Fsp3) is 0.273. The Balaban J connectivity index is 2.02. The number of urea groups is 1. The molecule has 3 N–H and O–H groups in total. The maximum atomic E-state index is 11.4. The van der Waals surface area contributed by atoms with Crippen molar-refractivity contribution in [3.8, 4) is 0 Å². The highest BCUT2D eigenvalue weighted by molar-refractivity contribution is 6.00. The molecule has 2 rings (SSSR count). The van der Waals surface area contributed by atoms with Gasteiger partial charge >= 0.3 is 6.03 Å². The summed E-state index contributed by atoms with van der Waals surface area (Å²) in [5.41, 5.74) is 2.02. The standard InChI is InChI=1S/C11H13N3O2/c1-7-2-4-8(5-3-7)13-9-6-12-11(16)14-10(9)15/h2-5,9,13H,6H2,1H3,(H2,12,14,15,16)/t9-/m1/s1. The number of amides is 3. The topological polar surface area (TPSA) is 70.2 Å². The molecule has 1 aromatic carbocycles. The first-order valence-corrected chi connectivity index (χ1v) is 5.07. The van der Waals surface area contributed by atoms with E-state index in [4.69, 9.17) is 0 Å². The highest BCUT2D eigenvalue weighted by atomic mass is 16.2. The zero-order valence-corrected chi connectivity index (χ0v) is 8.91. The van der Waals surface area contributed by atoms with E-state index < -0.39 is 12.1 Å². The van der Waals surface area contributed by atoms with Gasteiger partial charge in [0.15, 0.2) is 0 Å². The first-order chi connectivity index (χ1) is 7.65. The van der Waals surface area contributed by atoms with Crippen LogP contribution in [0.5, 0.6) is 0 Å². The predicted octanol–water partition coefficient (Wildman–Crippen LogP) is 0.615. The third-order valence-corrected chi connectivity index (χ3v) is 2.41. The Morgan fingerprint density at radius 3 is 2.56 bits per heavy atom. The number of anilines is 1. The summed E-state index contributed by atoms with van der Waals surface area (Å²) in [6.45, 7) is 2.30. The first kappa shape index (κ1) is 10.5. The van der Waals surface area contributed by atoms with E-state index in [1.807, 2.05) is 31.2 Å². The van der Waals surface area contributed by atoms with Crippen LogP contribution in [0.2, 0.25) is 0 Å². The number of hydrogen-bond acceptors (Lipinski definition) is 3. The molecule has 3 amide bonds. The third kappa shape index (κ3) is 2.31. The molecule has 16 heavy (non-hydrogen) atoms. The summed E-state index contributed by atoms with van der Waals surface area (Å²) in [4.78, 5) is 22.3. The van der Waals surface area contributed by atoms with Gasteiger partial charge < -0.3 is 10.6 Å². The molecule has 1 atom stereocenters. The van der Waals surface area contributed by atoms with Crippen LogP contribution >= 0.6 is 0 Å². The van der Waals surface area contributed by atoms with Gasteiger partial charge in [-0.2, -0.15) is 0 Å². The van der Waals surface area contributed by atoms with E-state index in [0.29, 0.717) is 6.54 Å². The molecular formula is C11H13N3O2. The number of hydrogen-bond donors (Lipinski definition) is 3. The summed E-state index contributed by atoms with van der Waals surface area (Å²) in [5.74, 6) is -0.302. The zero-order valence-electron chi connectivity index (χ0n) is 8.91. The lowest BCUT2D eigenvalue weighted by Gasteiger charge is -2.23. The average Bonchev–Trinajstić information content (AvgIpc) is 2.25. The van der Waals surface area contributed by atoms with Crippen LogP contribution in [0.3, 0.4) is 0 Å². The molecule has 1 aliphatic heterocycles. The van der Waals surface area contributed by atoms with Crippen molar-refractivity contribution in [2.45, 2.75) is 13.0 Å². The second-order valence-corrected chi connectivity index (χ2v) is 3.76. The smallest absolute Gasteiger partial charge is 0.321 e. The highest BCUT2D eigenvalue weighted by Crippen LogP contribution is 2.10. The van der Waals surface area contributed by atoms with Crippen molar-refractivity contribution in [3.63, 3.8) is 0 Å². The summed E-state index contributed by atoms with van der Waals surface area (Å²) in [6.07, 6.45) is 0. The minimum Gasteiger partial charge on any atom is -0.372 e. The van der Waals surface area contributed by atoms with E-state index >= 15 is 0 Å². The Hall–Kier alpha value is -2.04. The fourth-order valence-corrected chi connectivity index (χ4v) is 1.50. The number of aryl methyl sites for hydroxylation is 1. The molecule has 0 saturated carbocycles. The van der Waals surface area contributed by atoms with Gasteiger partial charge in [-0.15, -0.1) is 0 Å². The van der Waals surface area contributed by atoms with Crippen molar-refractivity contribution in [1.82, 2.24) is 10.6 Å². The minimum absolute atomic E-state index is 0.302. The van der Waals surface area contributed by atoms with Crippen LogP contribution in [-0.4, -0.2) is 24.5 Å². The summed E-state index contributed by atoms with van der Waals surface area (Å²) in [6, 6.07) is 6.87. The molecule has 1 aliphatic rings. The van der Waals surface area contributed by atoms with E-state index in [1.54, 1.807) is 0 Å². The van der Waals surface area contributed by atoms with Gasteiger partial charge in [-0.05, 0) is 19.1 Å². The van der Waals surface area contributed by atoms with Gasteiger partial charge in [0, 0.05) is 12.2 Å². The van der Waals surface area contributed by atoms with Crippen LogP contribution < -0.4 is 16.0 Å². The maximum Gasteiger partial charge on any atom is 0.321 e. The lowest BCUT2D eigenvalue weighted by Crippen LogP contribution is -2.57. The number of carbonyl (C=O) groups is 2. The van der Waals surface area contributed by atoms with Gasteiger partial charge in [-0.25, -0.2) is 4.79 Å². The van der Waals surface area contributed by atoms with Crippen molar-refractivity contribution >= 4 is 17.6 Å². The van der Waals surface area contributed by atoms with E-state index in [2.05, 4.69) is 16.0 Å². The summed E-state index contributed by atoms with van der Waals surface area (Å²) in [7, 11) is 0. The fourth-order valence-electron chi connectivity index (χ4n) is 1.50. The molecule has 1 saturated heterocycles. The molecule has 1 fully saturated rings. The Morgan fingerprint density at radius 2 is 1.94 bits per heavy atom. The lowest BCUT2D eigenvalue weighted by molar-refractivity contribution is -0.121. The number of rotatable bonds is 2. The largest absolute Gasteiger partial charge is 0.372 e. The molecule has 5 heteroatoms. The number of carbonyl (C=O) groups excluding carboxylic acids is 2. The third-order valence-electron chi connectivity index (χ3n) is 2.41. The van der Waals surface area contributed by atoms with Crippen LogP contribution in [0, 0.1) is 6.92 Å². The normalized spacial score (nSPS) is 19.9. The van der Waals surface area contributed by atoms with Gasteiger partial charge in [0.05, 0.1) is 0 Å². The van der Waals surface area contributed by atoms with Gasteiger partial charge in [0.2, 0.25) is 0 Å². The second-order valence-electron chi connectivity index (χ2n) is 3.76. The molecule has 0 unspecified atom stereocenters. The maximum absolute atomic E-state index is 11.4. The molecule has 84 valence electrons. The van der Waals surface area contributed by atoms with Crippen molar-refractivity contribution < 1.29 is 9.59 Å². The van der Waals surface area contributed by atoms with Crippen LogP contribution in [0.1, 0.15) is 5.56 Å². The Morgan fingerprint density at radius 1 is 1.25 bits per heavy atom. The quantitative estimate of drug-likeness (QED) is 0.682. The summed E-state index contributed by atoms with van der Waals surface area (Å²) in [5, 5.41) is 7.82. The van der Waals surface area contributed by atoms with Gasteiger partial charge in [0.1, 0.15) is 6.04 Å². The minimum atomic E-state index is -0.438. The molecular weight excluding hydrogens is 206 g/mol. The highest BCUT2D eigenvalue weighted by Gasteiger charge is 2.25. The Bertz CT molecular complexity index is 414. The molecule has 0 aliphatic carbocycles. The van der Waals surface area contributed by atoms with E-state index in [1.165, 1.54) is 0 Å². The molecule has 0 bridgehead atoms. The zero-order chi connectivity index (χ0) is 11.5. The molecule has 0 radical (unpaired) electrons. The molecule has 1 heterocycles. The average molecular weight is 219 g/mol. The first-order valence-electron chi connectivity index (χ1n) is 5.07. The monoisotopic (exact) mass is 219 g/mol. The van der Waals surface area contributed by atoms with Crippen molar-refractivity contribution in [3.05, 3.63) is 29.8 Å². The van der Waals surface area contributed by atoms with Gasteiger partial charge in [-0.1, -0.05) is 17.7 Å². The van der Waals surface area contributed by atoms with E-state index in [0.717, 1.165) is 11.3 Å². The van der Waals surface area contributed by atoms with Crippen molar-refractivity contribution in [2.24, 2.45) is 0 Å². The van der Waals surface area contributed by atoms with Crippen LogP contribution in [0.15, 0.2) is 24.3 Å². The van der Waals surface area contributed by atoms with Crippen LogP contribution in [0.4, 0.5) is 10.5 Å². The van der Waals surface area contributed by atoms with Crippen molar-refractivity contribution in [1.29, 1.82) is 0 Å². The molecule has 5 nitrogen and oxygen atoms in total. The number of imide groups is 1. The second kappa shape index (κ2) is 4.22. The number of benzene rings is 1. The number of nitrogens with one attached hydrogen (secondary N) is 3. The molecule has 1 aromatic rings. The van der Waals surface area contributed by atoms with Gasteiger partial charge in [-0.3, -0.25) is 10.1 Å². The van der Waals surface area contributed by atoms with Crippen LogP contribution in [0.25, 0.3) is 0 Å². The lowest BCUT2D eigenvalue weighted by atomic mass is 10.2. The molecule has 0 spiro atoms. The van der Waals surface area contributed by atoms with E-state index in [9.17, 15) is 9.59 Å². The predicted molar refractivity (Wildman–Crippen MR) is 60.1 cm³/mol. The Labute approximate surface area is 93.2 Å².